The number of aliphatic hydroxyl groups excluding tert-OH is 2. The van der Waals surface area contributed by atoms with Crippen molar-refractivity contribution in [2.24, 2.45) is 17.6 Å². The van der Waals surface area contributed by atoms with Gasteiger partial charge in [0, 0.05) is 31.1 Å². The number of nitrogens with two attached hydrogens (primary N) is 1. The second kappa shape index (κ2) is 27.0. The van der Waals surface area contributed by atoms with Crippen molar-refractivity contribution in [3.8, 4) is 0 Å². The van der Waals surface area contributed by atoms with Crippen molar-refractivity contribution in [3.05, 3.63) is 0 Å². The molecule has 21 heteroatoms. The quantitative estimate of drug-likeness (QED) is 0.0250. The van der Waals surface area contributed by atoms with E-state index in [1.165, 1.54) is 23.6 Å². The monoisotopic (exact) mass is 859 g/mol. The topological polar surface area (TPSA) is 287 Å². The second-order valence-corrected chi connectivity index (χ2v) is 17.2. The summed E-state index contributed by atoms with van der Waals surface area (Å²) in [4.78, 5) is 103. The molecule has 2 rings (SSSR count). The Hall–Kier alpha value is -4.10. The summed E-state index contributed by atoms with van der Waals surface area (Å²) in [5.41, 5.74) is 4.42. The molecule has 0 aromatic heterocycles. The fourth-order valence-electron chi connectivity index (χ4n) is 7.11. The molecule has 18 nitrogen and oxygen atoms in total. The third kappa shape index (κ3) is 19.1. The normalized spacial score (nSPS) is 19.8. The second-order valence-electron chi connectivity index (χ2n) is 15.9. The number of Topliss-reactive ketones (excluding diaryl/α,β-unsaturated/α-hetero) is 1. The summed E-state index contributed by atoms with van der Waals surface area (Å²) in [6.07, 6.45) is 4.02. The van der Waals surface area contributed by atoms with Gasteiger partial charge in [-0.15, -0.1) is 11.8 Å². The van der Waals surface area contributed by atoms with Gasteiger partial charge in [-0.1, -0.05) is 0 Å². The number of likely N-dealkylation sites (tertiary alicyclic amines) is 1. The van der Waals surface area contributed by atoms with Crippen molar-refractivity contribution in [2.75, 3.05) is 25.4 Å². The number of amides is 6. The van der Waals surface area contributed by atoms with E-state index < -0.39 is 70.8 Å². The number of thioether (sulfide) groups is 1. The zero-order valence-electron chi connectivity index (χ0n) is 35.0. The molecule has 5 atom stereocenters. The average Bonchev–Trinajstić information content (AvgIpc) is 3.42. The van der Waals surface area contributed by atoms with Gasteiger partial charge in [-0.3, -0.25) is 24.1 Å². The van der Waals surface area contributed by atoms with Crippen LogP contribution in [-0.4, -0.2) is 155 Å². The first-order valence-electron chi connectivity index (χ1n) is 20.8. The van der Waals surface area contributed by atoms with E-state index in [-0.39, 0.29) is 73.6 Å². The fourth-order valence-corrected chi connectivity index (χ4v) is 8.33. The Morgan fingerprint density at radius 1 is 0.800 bits per heavy atom. The first kappa shape index (κ1) is 52.0. The Morgan fingerprint density at radius 3 is 1.93 bits per heavy atom. The summed E-state index contributed by atoms with van der Waals surface area (Å²) in [5.74, 6) is -3.90. The number of ketones is 1. The fraction of sp³-hybridized carbons (Fsp3) is 0.744. The molecule has 60 heavy (non-hydrogen) atoms. The van der Waals surface area contributed by atoms with Crippen LogP contribution in [0.5, 0.6) is 0 Å². The van der Waals surface area contributed by atoms with Crippen molar-refractivity contribution < 1.29 is 53.7 Å². The first-order valence-corrected chi connectivity index (χ1v) is 21.8. The van der Waals surface area contributed by atoms with E-state index in [1.807, 2.05) is 0 Å². The van der Waals surface area contributed by atoms with Gasteiger partial charge in [-0.05, 0) is 38.5 Å². The Labute approximate surface area is 358 Å². The van der Waals surface area contributed by atoms with E-state index in [9.17, 15) is 53.7 Å². The molecule has 1 saturated carbocycles. The molecule has 5 unspecified atom stereocenters. The van der Waals surface area contributed by atoms with Gasteiger partial charge >= 0.3 is 231 Å². The molecule has 1 saturated heterocycles. The molecule has 6 amide bonds. The zero-order chi connectivity index (χ0) is 44.9. The summed E-state index contributed by atoms with van der Waals surface area (Å²) in [5, 5.41) is 42.2. The summed E-state index contributed by atoms with van der Waals surface area (Å²) in [6, 6.07) is -5.23. The number of carboxylic acids is 1. The minimum absolute atomic E-state index is 0.0158. The van der Waals surface area contributed by atoms with Crippen LogP contribution in [-0.2, 0) is 38.4 Å². The van der Waals surface area contributed by atoms with Crippen LogP contribution in [0.4, 0.5) is 0 Å². The van der Waals surface area contributed by atoms with Crippen LogP contribution in [0.2, 0.25) is 0 Å². The first-order chi connectivity index (χ1) is 28.3. The summed E-state index contributed by atoms with van der Waals surface area (Å²) in [7, 11) is 10.9. The number of rotatable bonds is 29. The van der Waals surface area contributed by atoms with Crippen LogP contribution in [0, 0.1) is 11.8 Å². The number of hydrogen-bond acceptors (Lipinski definition) is 13. The van der Waals surface area contributed by atoms with Gasteiger partial charge in [0.05, 0.1) is 5.25 Å². The Bertz CT molecular complexity index is 1550. The summed E-state index contributed by atoms with van der Waals surface area (Å²) in [6.45, 7) is 5.95. The molecule has 1 aliphatic carbocycles. The standard InChI is InChI=1S/C39H63B2N7O11S/c1-22(2)44-28(18-31(40)50)36(55)45-26(8-4-6-15-42)35(54)47-29(19-32(41)51)37(56)46-27(39(58)59)9-5-7-16-43-34(53)25-12-10-24(11-13-25)21-48-33(52)20-30(38(48)57)60-17-14-23(3)49/h22,24-30,44,50-51H,4-21,42H2,1-3H3,(H,43,53)(H,45,55)(H,46,56)(H,47,54)(H,58,59). The molecule has 0 spiro atoms. The van der Waals surface area contributed by atoms with Crippen LogP contribution in [0.25, 0.3) is 0 Å². The maximum atomic E-state index is 13.5. The number of imide groups is 1. The summed E-state index contributed by atoms with van der Waals surface area (Å²) >= 11 is 1.34. The van der Waals surface area contributed by atoms with Crippen molar-refractivity contribution >= 4 is 85.2 Å². The van der Waals surface area contributed by atoms with Gasteiger partial charge in [0.15, 0.2) is 0 Å². The van der Waals surface area contributed by atoms with Crippen LogP contribution in [0.3, 0.4) is 0 Å². The van der Waals surface area contributed by atoms with Crippen LogP contribution >= 0.6 is 11.8 Å². The molecule has 1 aliphatic heterocycles. The molecule has 2 aliphatic rings. The van der Waals surface area contributed by atoms with Gasteiger partial charge in [0.1, 0.15) is 5.78 Å². The number of carboxylic acid groups (broad SMARTS) is 1. The molecule has 0 aromatic carbocycles. The average molecular weight is 860 g/mol. The van der Waals surface area contributed by atoms with Gasteiger partial charge in [-0.25, -0.2) is 0 Å². The Balaban J connectivity index is 1.88. The molecular weight excluding hydrogens is 796 g/mol. The number of aliphatic carboxylic acids is 1. The Kier molecular flexibility index (Phi) is 23.4. The van der Waals surface area contributed by atoms with E-state index in [2.05, 4.69) is 26.6 Å². The number of nitrogens with one attached hydrogen (secondary N) is 5. The van der Waals surface area contributed by atoms with Gasteiger partial charge in [0.2, 0.25) is 11.8 Å². The van der Waals surface area contributed by atoms with Crippen molar-refractivity contribution in [1.82, 2.24) is 31.5 Å². The van der Waals surface area contributed by atoms with Gasteiger partial charge in [0.25, 0.3) is 0 Å². The van der Waals surface area contributed by atoms with E-state index in [4.69, 9.17) is 20.7 Å². The summed E-state index contributed by atoms with van der Waals surface area (Å²) < 4.78 is 0. The minimum atomic E-state index is -1.51. The number of unbranched alkanes of at least 4 members (excludes halogenated alkanes) is 2. The predicted molar refractivity (Wildman–Crippen MR) is 228 cm³/mol. The molecular formula is C39H63B2N7O11S. The van der Waals surface area contributed by atoms with E-state index in [0.29, 0.717) is 76.6 Å². The molecule has 10 N–H and O–H groups in total. The third-order valence-electron chi connectivity index (χ3n) is 10.4. The SMILES string of the molecule is [B]=C(O)CC(NC(=O)C(CCCCN)NC(=O)C(CC(=[B])O)NC(C)C)C(=O)NC(CCCCNC(=O)C1CCC(CN2C(=O)CC(SCCC(C)=O)C2=O)CC1)C(=O)O. The number of carbonyl (C=O) groups excluding carboxylic acids is 7. The van der Waals surface area contributed by atoms with Gasteiger partial charge < -0.3 is 0 Å². The molecule has 2 radical (unpaired) electrons. The zero-order valence-corrected chi connectivity index (χ0v) is 35.9. The molecule has 1 heterocycles. The Morgan fingerprint density at radius 2 is 1.35 bits per heavy atom. The maximum absolute atomic E-state index is 13.5. The van der Waals surface area contributed by atoms with Crippen molar-refractivity contribution in [1.29, 1.82) is 0 Å². The third-order valence-corrected chi connectivity index (χ3v) is 11.6. The molecule has 332 valence electrons. The number of aliphatic hydroxyl groups is 2. The van der Waals surface area contributed by atoms with E-state index in [0.717, 1.165) is 0 Å². The number of hydrogen-bond donors (Lipinski definition) is 9. The van der Waals surface area contributed by atoms with Crippen LogP contribution < -0.4 is 32.3 Å². The predicted octanol–water partition coefficient (Wildman–Crippen LogP) is -0.924. The molecule has 0 bridgehead atoms. The van der Waals surface area contributed by atoms with Gasteiger partial charge in [-0.2, -0.15) is 0 Å². The number of nitrogens with zero attached hydrogens (tertiary/aromatic N) is 1. The van der Waals surface area contributed by atoms with E-state index >= 15 is 0 Å². The molecule has 2 fully saturated rings. The van der Waals surface area contributed by atoms with Crippen molar-refractivity contribution in [2.45, 2.75) is 146 Å². The number of carbonyl (C=O) groups is 8. The van der Waals surface area contributed by atoms with Crippen LogP contribution in [0.1, 0.15) is 111 Å². The van der Waals surface area contributed by atoms with Crippen molar-refractivity contribution in [3.63, 3.8) is 0 Å². The van der Waals surface area contributed by atoms with Crippen LogP contribution in [0.15, 0.2) is 0 Å². The van der Waals surface area contributed by atoms with E-state index in [1.54, 1.807) is 13.8 Å². The molecule has 0 aromatic rings.